The molecule has 0 saturated heterocycles. The summed E-state index contributed by atoms with van der Waals surface area (Å²) in [5.41, 5.74) is 6.39. The monoisotopic (exact) mass is 899 g/mol. The topological polar surface area (TPSA) is 63.3 Å². The molecular formula is C43H54GeIrNO3-. The van der Waals surface area contributed by atoms with E-state index in [0.717, 1.165) is 64.6 Å². The summed E-state index contributed by atoms with van der Waals surface area (Å²) in [4.78, 5) is 16.5. The summed E-state index contributed by atoms with van der Waals surface area (Å²) in [7, 11) is 0. The van der Waals surface area contributed by atoms with E-state index >= 15 is 0 Å². The molecule has 263 valence electrons. The van der Waals surface area contributed by atoms with Gasteiger partial charge in [-0.1, -0.05) is 59.7 Å². The Bertz CT molecular complexity index is 1890. The normalized spacial score (nSPS) is 12.1. The van der Waals surface area contributed by atoms with E-state index in [1.807, 2.05) is 40.0 Å². The standard InChI is InChI=1S/C30H30GeNO.C13H24O2.Ir/c1-19(2)27-17-23(16-21-9-7-8-10-26(21)27)29-30-22(13-14-32-29)18-28(33-30)25-12-11-24(15-20(25)3)31(4,5)6;1-5-10(6-2)12(14)9-13(15)11(7-3)8-4;/h7-15,17-19H,1-6H3;9-11,14H,5-8H2,1-4H3;/q-1;;/b;12-9-;. The molecular weight excluding hydrogens is 843 g/mol. The molecule has 0 aliphatic carbocycles. The number of benzene rings is 3. The molecule has 0 bridgehead atoms. The first-order valence-electron chi connectivity index (χ1n) is 17.7. The molecule has 2 aromatic heterocycles. The van der Waals surface area contributed by atoms with E-state index in [4.69, 9.17) is 9.40 Å². The van der Waals surface area contributed by atoms with Crippen LogP contribution < -0.4 is 4.40 Å². The van der Waals surface area contributed by atoms with Crippen molar-refractivity contribution in [3.8, 4) is 22.6 Å². The molecule has 0 unspecified atom stereocenters. The maximum Gasteiger partial charge on any atom is 0 e. The Balaban J connectivity index is 0.000000347. The number of carbonyl (C=O) groups is 1. The molecule has 0 fully saturated rings. The van der Waals surface area contributed by atoms with Crippen molar-refractivity contribution in [1.82, 2.24) is 4.98 Å². The Labute approximate surface area is 310 Å². The smallest absolute Gasteiger partial charge is 0 e. The zero-order chi connectivity index (χ0) is 35.2. The fourth-order valence-corrected chi connectivity index (χ4v) is 8.93. The molecule has 5 rings (SSSR count). The van der Waals surface area contributed by atoms with Crippen molar-refractivity contribution >= 4 is 45.2 Å². The van der Waals surface area contributed by atoms with Crippen LogP contribution in [-0.2, 0) is 24.9 Å². The SMILES string of the molecule is CCC(CC)C(=O)/C=C(\O)C(CC)CC.Cc1c[c]([Ge]([CH3])([CH3])[CH3])ccc1-c1cc2ccnc(-c3[c-]c4ccccc4c(C(C)C)c3)c2o1.[Ir]. The number of hydrogen-bond acceptors (Lipinski definition) is 4. The van der Waals surface area contributed by atoms with Crippen molar-refractivity contribution in [2.75, 3.05) is 0 Å². The summed E-state index contributed by atoms with van der Waals surface area (Å²) in [5, 5.41) is 13.2. The number of aryl methyl sites for hydroxylation is 1. The molecule has 0 aliphatic heterocycles. The number of carbonyl (C=O) groups excluding carboxylic acids is 1. The summed E-state index contributed by atoms with van der Waals surface area (Å²) >= 11 is -1.87. The fraction of sp³-hybridized carbons (Fsp3) is 0.395. The number of fused-ring (bicyclic) bond motifs is 2. The fourth-order valence-electron chi connectivity index (χ4n) is 6.34. The summed E-state index contributed by atoms with van der Waals surface area (Å²) in [5.74, 6) is 9.14. The van der Waals surface area contributed by atoms with Gasteiger partial charge in [-0.05, 0) is 25.7 Å². The quantitative estimate of drug-likeness (QED) is 0.0621. The van der Waals surface area contributed by atoms with Crippen LogP contribution in [0.15, 0.2) is 83.1 Å². The Morgan fingerprint density at radius 3 is 2.16 bits per heavy atom. The Morgan fingerprint density at radius 1 is 0.918 bits per heavy atom. The molecule has 0 saturated carbocycles. The zero-order valence-corrected chi connectivity index (χ0v) is 35.5. The Hall–Kier alpha value is -2.99. The number of rotatable bonds is 11. The van der Waals surface area contributed by atoms with Gasteiger partial charge in [0.25, 0.3) is 0 Å². The van der Waals surface area contributed by atoms with Crippen molar-refractivity contribution in [3.63, 3.8) is 0 Å². The number of nitrogens with zero attached hydrogens (tertiary/aromatic N) is 1. The minimum absolute atomic E-state index is 0. The third kappa shape index (κ3) is 9.63. The van der Waals surface area contributed by atoms with Gasteiger partial charge in [0.2, 0.25) is 0 Å². The summed E-state index contributed by atoms with van der Waals surface area (Å²) in [6, 6.07) is 25.3. The first-order chi connectivity index (χ1) is 22.8. The molecule has 0 amide bonds. The average Bonchev–Trinajstić information content (AvgIpc) is 3.49. The summed E-state index contributed by atoms with van der Waals surface area (Å²) in [6.45, 7) is 14.7. The molecule has 6 heteroatoms. The number of hydrogen-bond donors (Lipinski definition) is 1. The minimum atomic E-state index is -1.87. The number of aliphatic hydroxyl groups excluding tert-OH is 1. The van der Waals surface area contributed by atoms with Crippen molar-refractivity contribution in [1.29, 1.82) is 0 Å². The molecule has 1 N–H and O–H groups in total. The van der Waals surface area contributed by atoms with Crippen molar-refractivity contribution in [3.05, 3.63) is 95.9 Å². The molecule has 4 nitrogen and oxygen atoms in total. The second-order valence-corrected chi connectivity index (χ2v) is 25.0. The average molecular weight is 898 g/mol. The van der Waals surface area contributed by atoms with Gasteiger partial charge >= 0.3 is 167 Å². The van der Waals surface area contributed by atoms with Crippen LogP contribution in [0.25, 0.3) is 44.3 Å². The summed E-state index contributed by atoms with van der Waals surface area (Å²) < 4.78 is 8.01. The van der Waals surface area contributed by atoms with E-state index < -0.39 is 13.3 Å². The number of ketones is 1. The van der Waals surface area contributed by atoms with Crippen LogP contribution in [0, 0.1) is 24.8 Å². The van der Waals surface area contributed by atoms with Crippen LogP contribution in [0.1, 0.15) is 84.3 Å². The first-order valence-corrected chi connectivity index (χ1v) is 25.1. The van der Waals surface area contributed by atoms with Gasteiger partial charge in [0.1, 0.15) is 0 Å². The van der Waals surface area contributed by atoms with Gasteiger partial charge in [-0.15, -0.1) is 0 Å². The van der Waals surface area contributed by atoms with Crippen LogP contribution in [0.3, 0.4) is 0 Å². The Kier molecular flexibility index (Phi) is 14.7. The molecule has 49 heavy (non-hydrogen) atoms. The third-order valence-corrected chi connectivity index (χ3v) is 13.8. The van der Waals surface area contributed by atoms with Crippen molar-refractivity contribution in [2.24, 2.45) is 11.8 Å². The third-order valence-electron chi connectivity index (χ3n) is 9.56. The molecule has 3 aromatic carbocycles. The van der Waals surface area contributed by atoms with E-state index in [0.29, 0.717) is 5.92 Å². The summed E-state index contributed by atoms with van der Waals surface area (Å²) in [6.07, 6.45) is 6.78. The number of aromatic nitrogens is 1. The largest absolute Gasteiger partial charge is 0 e. The van der Waals surface area contributed by atoms with E-state index in [1.165, 1.54) is 27.0 Å². The Morgan fingerprint density at radius 2 is 1.57 bits per heavy atom. The van der Waals surface area contributed by atoms with Crippen LogP contribution in [0.5, 0.6) is 0 Å². The van der Waals surface area contributed by atoms with Gasteiger partial charge in [0.15, 0.2) is 5.78 Å². The van der Waals surface area contributed by atoms with Gasteiger partial charge < -0.3 is 5.11 Å². The predicted molar refractivity (Wildman–Crippen MR) is 207 cm³/mol. The number of allylic oxidation sites excluding steroid dienone is 2. The van der Waals surface area contributed by atoms with Crippen LogP contribution in [-0.4, -0.2) is 29.1 Å². The maximum atomic E-state index is 11.7. The molecule has 0 aliphatic rings. The van der Waals surface area contributed by atoms with Crippen molar-refractivity contribution < 1.29 is 34.4 Å². The second-order valence-electron chi connectivity index (χ2n) is 14.3. The van der Waals surface area contributed by atoms with Gasteiger partial charge in [-0.3, -0.25) is 4.79 Å². The zero-order valence-electron chi connectivity index (χ0n) is 31.0. The molecule has 1 radical (unpaired) electrons. The number of aliphatic hydroxyl groups is 1. The molecule has 0 spiro atoms. The van der Waals surface area contributed by atoms with Gasteiger partial charge in [-0.2, -0.15) is 0 Å². The molecule has 2 heterocycles. The van der Waals surface area contributed by atoms with Crippen LogP contribution in [0.2, 0.25) is 17.3 Å². The maximum absolute atomic E-state index is 11.7. The number of pyridine rings is 1. The van der Waals surface area contributed by atoms with Gasteiger partial charge in [0, 0.05) is 38.0 Å². The van der Waals surface area contributed by atoms with E-state index in [9.17, 15) is 9.90 Å². The van der Waals surface area contributed by atoms with E-state index in [-0.39, 0.29) is 43.5 Å². The predicted octanol–water partition coefficient (Wildman–Crippen LogP) is 12.0. The first kappa shape index (κ1) is 40.4. The van der Waals surface area contributed by atoms with E-state index in [2.05, 4.69) is 98.7 Å². The number of furan rings is 1. The van der Waals surface area contributed by atoms with Crippen LogP contribution in [0.4, 0.5) is 0 Å². The molecule has 0 atom stereocenters. The van der Waals surface area contributed by atoms with Crippen molar-refractivity contribution in [2.45, 2.75) is 97.3 Å². The second kappa shape index (κ2) is 17.8. The van der Waals surface area contributed by atoms with Gasteiger partial charge in [-0.25, -0.2) is 0 Å². The molecule has 5 aromatic rings. The van der Waals surface area contributed by atoms with E-state index in [1.54, 1.807) is 0 Å². The van der Waals surface area contributed by atoms with Crippen LogP contribution >= 0.6 is 0 Å². The van der Waals surface area contributed by atoms with Gasteiger partial charge in [0.05, 0.1) is 5.76 Å². The minimum Gasteiger partial charge on any atom is 0 e.